The summed E-state index contributed by atoms with van der Waals surface area (Å²) < 4.78 is 3.59. The Balaban J connectivity index is 1.58. The molecule has 4 rings (SSSR count). The highest BCUT2D eigenvalue weighted by molar-refractivity contribution is 8.00. The molecule has 0 spiro atoms. The van der Waals surface area contributed by atoms with Crippen LogP contribution in [0.15, 0.2) is 46.5 Å². The van der Waals surface area contributed by atoms with Gasteiger partial charge in [-0.2, -0.15) is 5.10 Å². The quantitative estimate of drug-likeness (QED) is 0.469. The molecule has 1 N–H and O–H groups in total. The molecular weight excluding hydrogens is 386 g/mol. The number of hydrogen-bond acceptors (Lipinski definition) is 5. The molecule has 2 aromatic heterocycles. The first-order chi connectivity index (χ1) is 14.0. The second-order valence-electron chi connectivity index (χ2n) is 7.49. The molecule has 1 aliphatic rings. The van der Waals surface area contributed by atoms with Crippen LogP contribution in [0.25, 0.3) is 10.9 Å². The van der Waals surface area contributed by atoms with Crippen LogP contribution in [0.3, 0.4) is 0 Å². The molecular formula is C21H25N5O2S. The normalized spacial score (nSPS) is 16.0. The number of nitrogens with zero attached hydrogens (tertiary/aromatic N) is 4. The molecule has 8 heteroatoms. The van der Waals surface area contributed by atoms with E-state index in [1.165, 1.54) is 11.8 Å². The molecule has 3 aromatic rings. The number of fused-ring (bicyclic) bond motifs is 1. The predicted octanol–water partition coefficient (Wildman–Crippen LogP) is 4.02. The highest BCUT2D eigenvalue weighted by Crippen LogP contribution is 2.37. The van der Waals surface area contributed by atoms with Gasteiger partial charge in [0.2, 0.25) is 5.91 Å². The zero-order valence-corrected chi connectivity index (χ0v) is 17.6. The molecule has 2 heterocycles. The predicted molar refractivity (Wildman–Crippen MR) is 115 cm³/mol. The van der Waals surface area contributed by atoms with Gasteiger partial charge in [0.25, 0.3) is 5.56 Å². The Bertz CT molecular complexity index is 1100. The van der Waals surface area contributed by atoms with Crippen LogP contribution in [0.2, 0.25) is 0 Å². The molecule has 0 unspecified atom stereocenters. The SMILES string of the molecule is CC[C@H](C)n1nccc1NC(=O)[C@@H](C)Sc1nc2ccccc2c(=O)n1C1CC1. The summed E-state index contributed by atoms with van der Waals surface area (Å²) >= 11 is 1.33. The molecule has 2 atom stereocenters. The van der Waals surface area contributed by atoms with Gasteiger partial charge < -0.3 is 5.32 Å². The minimum absolute atomic E-state index is 0.0249. The summed E-state index contributed by atoms with van der Waals surface area (Å²) in [5.41, 5.74) is 0.641. The van der Waals surface area contributed by atoms with Crippen molar-refractivity contribution in [2.24, 2.45) is 0 Å². The van der Waals surface area contributed by atoms with Crippen molar-refractivity contribution < 1.29 is 4.79 Å². The van der Waals surface area contributed by atoms with E-state index in [4.69, 9.17) is 4.98 Å². The largest absolute Gasteiger partial charge is 0.310 e. The van der Waals surface area contributed by atoms with Crippen LogP contribution >= 0.6 is 11.8 Å². The summed E-state index contributed by atoms with van der Waals surface area (Å²) in [6, 6.07) is 9.56. The lowest BCUT2D eigenvalue weighted by Crippen LogP contribution is -2.27. The number of thioether (sulfide) groups is 1. The van der Waals surface area contributed by atoms with Crippen molar-refractivity contribution in [3.05, 3.63) is 46.9 Å². The first-order valence-corrected chi connectivity index (χ1v) is 10.9. The van der Waals surface area contributed by atoms with Crippen LogP contribution < -0.4 is 10.9 Å². The van der Waals surface area contributed by atoms with E-state index in [2.05, 4.69) is 24.3 Å². The van der Waals surface area contributed by atoms with Crippen molar-refractivity contribution in [1.82, 2.24) is 19.3 Å². The number of carbonyl (C=O) groups excluding carboxylic acids is 1. The molecule has 152 valence electrons. The van der Waals surface area contributed by atoms with Gasteiger partial charge >= 0.3 is 0 Å². The minimum Gasteiger partial charge on any atom is -0.310 e. The van der Waals surface area contributed by atoms with Crippen molar-refractivity contribution in [2.45, 2.75) is 62.5 Å². The zero-order chi connectivity index (χ0) is 20.5. The van der Waals surface area contributed by atoms with Gasteiger partial charge in [0.05, 0.1) is 28.4 Å². The highest BCUT2D eigenvalue weighted by atomic mass is 32.2. The molecule has 0 aliphatic heterocycles. The third-order valence-electron chi connectivity index (χ3n) is 5.27. The van der Waals surface area contributed by atoms with E-state index in [-0.39, 0.29) is 23.6 Å². The molecule has 1 aliphatic carbocycles. The molecule has 29 heavy (non-hydrogen) atoms. The Labute approximate surface area is 173 Å². The number of benzene rings is 1. The second kappa shape index (κ2) is 8.02. The van der Waals surface area contributed by atoms with Gasteiger partial charge in [-0.3, -0.25) is 14.2 Å². The van der Waals surface area contributed by atoms with Crippen molar-refractivity contribution >= 4 is 34.4 Å². The number of anilines is 1. The van der Waals surface area contributed by atoms with Crippen molar-refractivity contribution in [3.63, 3.8) is 0 Å². The van der Waals surface area contributed by atoms with Crippen LogP contribution in [-0.2, 0) is 4.79 Å². The van der Waals surface area contributed by atoms with E-state index in [0.29, 0.717) is 21.9 Å². The number of amides is 1. The molecule has 1 saturated carbocycles. The standard InChI is InChI=1S/C21H25N5O2S/c1-4-13(2)26-18(11-12-22-26)24-19(27)14(3)29-21-23-17-8-6-5-7-16(17)20(28)25(21)15-9-10-15/h5-8,11-15H,4,9-10H2,1-3H3,(H,24,27)/t13-,14+/m0/s1. The fourth-order valence-corrected chi connectivity index (χ4v) is 4.22. The molecule has 0 radical (unpaired) electrons. The summed E-state index contributed by atoms with van der Waals surface area (Å²) in [5, 5.41) is 8.10. The number of hydrogen-bond donors (Lipinski definition) is 1. The van der Waals surface area contributed by atoms with Crippen molar-refractivity contribution in [2.75, 3.05) is 5.32 Å². The Morgan fingerprint density at radius 1 is 1.28 bits per heavy atom. The minimum atomic E-state index is -0.409. The van der Waals surface area contributed by atoms with Crippen LogP contribution in [-0.4, -0.2) is 30.5 Å². The van der Waals surface area contributed by atoms with E-state index >= 15 is 0 Å². The highest BCUT2D eigenvalue weighted by Gasteiger charge is 2.30. The lowest BCUT2D eigenvalue weighted by atomic mass is 10.2. The third-order valence-corrected chi connectivity index (χ3v) is 6.34. The Kier molecular flexibility index (Phi) is 5.45. The Morgan fingerprint density at radius 3 is 2.76 bits per heavy atom. The van der Waals surface area contributed by atoms with E-state index in [1.54, 1.807) is 16.8 Å². The van der Waals surface area contributed by atoms with E-state index in [9.17, 15) is 9.59 Å². The van der Waals surface area contributed by atoms with Gasteiger partial charge in [-0.05, 0) is 45.2 Å². The van der Waals surface area contributed by atoms with Gasteiger partial charge in [-0.15, -0.1) is 0 Å². The lowest BCUT2D eigenvalue weighted by molar-refractivity contribution is -0.115. The number of nitrogens with one attached hydrogen (secondary N) is 1. The average molecular weight is 412 g/mol. The maximum Gasteiger partial charge on any atom is 0.262 e. The second-order valence-corrected chi connectivity index (χ2v) is 8.79. The van der Waals surface area contributed by atoms with Gasteiger partial charge in [0, 0.05) is 12.1 Å². The van der Waals surface area contributed by atoms with Gasteiger partial charge in [0.1, 0.15) is 5.82 Å². The topological polar surface area (TPSA) is 81.8 Å². The number of carbonyl (C=O) groups is 1. The summed E-state index contributed by atoms with van der Waals surface area (Å²) in [4.78, 5) is 30.5. The summed E-state index contributed by atoms with van der Waals surface area (Å²) in [5.74, 6) is 0.549. The van der Waals surface area contributed by atoms with Crippen LogP contribution in [0.1, 0.15) is 52.1 Å². The molecule has 1 aromatic carbocycles. The third kappa shape index (κ3) is 3.94. The average Bonchev–Trinajstić information content (AvgIpc) is 3.45. The molecule has 0 bridgehead atoms. The monoisotopic (exact) mass is 411 g/mol. The van der Waals surface area contributed by atoms with Gasteiger partial charge in [0.15, 0.2) is 5.16 Å². The fraction of sp³-hybridized carbons (Fsp3) is 0.429. The molecule has 1 amide bonds. The number of rotatable bonds is 7. The summed E-state index contributed by atoms with van der Waals surface area (Å²) in [7, 11) is 0. The number of para-hydroxylation sites is 1. The van der Waals surface area contributed by atoms with E-state index < -0.39 is 5.25 Å². The summed E-state index contributed by atoms with van der Waals surface area (Å²) in [6.07, 6.45) is 4.56. The fourth-order valence-electron chi connectivity index (χ4n) is 3.24. The first kappa shape index (κ1) is 19.7. The maximum absolute atomic E-state index is 13.0. The molecule has 1 fully saturated rings. The molecule has 7 nitrogen and oxygen atoms in total. The number of aromatic nitrogens is 4. The Hall–Kier alpha value is -2.61. The summed E-state index contributed by atoms with van der Waals surface area (Å²) in [6.45, 7) is 5.98. The van der Waals surface area contributed by atoms with Gasteiger partial charge in [-0.1, -0.05) is 30.8 Å². The van der Waals surface area contributed by atoms with E-state index in [1.807, 2.05) is 35.9 Å². The zero-order valence-electron chi connectivity index (χ0n) is 16.8. The smallest absolute Gasteiger partial charge is 0.262 e. The lowest BCUT2D eigenvalue weighted by Gasteiger charge is -2.18. The molecule has 0 saturated heterocycles. The van der Waals surface area contributed by atoms with Crippen molar-refractivity contribution in [3.8, 4) is 0 Å². The van der Waals surface area contributed by atoms with Crippen LogP contribution in [0, 0.1) is 0 Å². The van der Waals surface area contributed by atoms with Crippen LogP contribution in [0.4, 0.5) is 5.82 Å². The van der Waals surface area contributed by atoms with Gasteiger partial charge in [-0.25, -0.2) is 9.67 Å². The van der Waals surface area contributed by atoms with Crippen LogP contribution in [0.5, 0.6) is 0 Å². The Morgan fingerprint density at radius 2 is 2.03 bits per heavy atom. The van der Waals surface area contributed by atoms with Crippen molar-refractivity contribution in [1.29, 1.82) is 0 Å². The van der Waals surface area contributed by atoms with E-state index in [0.717, 1.165) is 19.3 Å². The first-order valence-electron chi connectivity index (χ1n) is 10.0. The maximum atomic E-state index is 13.0.